The predicted octanol–water partition coefficient (Wildman–Crippen LogP) is 1.11. The number of amides is 1. The number of carbonyl (C=O) groups excluding carboxylic acids is 1. The van der Waals surface area contributed by atoms with Crippen molar-refractivity contribution < 1.29 is 4.79 Å². The Bertz CT molecular complexity index is 281. The Balaban J connectivity index is 1.81. The van der Waals surface area contributed by atoms with Crippen molar-refractivity contribution in [1.29, 1.82) is 0 Å². The third-order valence-electron chi connectivity index (χ3n) is 4.54. The van der Waals surface area contributed by atoms with E-state index < -0.39 is 0 Å². The summed E-state index contributed by atoms with van der Waals surface area (Å²) in [7, 11) is 0. The molecule has 4 nitrogen and oxygen atoms in total. The smallest absolute Gasteiger partial charge is 0.227 e. The second-order valence-electron chi connectivity index (χ2n) is 6.07. The lowest BCUT2D eigenvalue weighted by Crippen LogP contribution is -2.49. The Morgan fingerprint density at radius 2 is 1.89 bits per heavy atom. The number of carbonyl (C=O) groups is 1. The highest BCUT2D eigenvalue weighted by molar-refractivity contribution is 5.83. The van der Waals surface area contributed by atoms with E-state index >= 15 is 0 Å². The van der Waals surface area contributed by atoms with Crippen molar-refractivity contribution in [2.24, 2.45) is 11.1 Å². The first-order chi connectivity index (χ1) is 8.66. The lowest BCUT2D eigenvalue weighted by molar-refractivity contribution is -0.131. The fourth-order valence-corrected chi connectivity index (χ4v) is 3.35. The second-order valence-corrected chi connectivity index (χ2v) is 6.07. The summed E-state index contributed by atoms with van der Waals surface area (Å²) in [6.45, 7) is 5.95. The minimum Gasteiger partial charge on any atom is -0.352 e. The largest absolute Gasteiger partial charge is 0.352 e. The molecule has 1 heterocycles. The molecule has 1 amide bonds. The van der Waals surface area contributed by atoms with Gasteiger partial charge in [-0.05, 0) is 45.7 Å². The fraction of sp³-hybridized carbons (Fsp3) is 0.929. The molecule has 1 aliphatic carbocycles. The van der Waals surface area contributed by atoms with E-state index in [2.05, 4.69) is 17.1 Å². The molecule has 1 aliphatic heterocycles. The van der Waals surface area contributed by atoms with Crippen LogP contribution in [-0.2, 0) is 4.79 Å². The molecule has 0 spiro atoms. The van der Waals surface area contributed by atoms with E-state index in [0.717, 1.165) is 32.2 Å². The van der Waals surface area contributed by atoms with E-state index in [9.17, 15) is 4.79 Å². The SMILES string of the molecule is CC(CN1CCCC1)NC(=O)C1(CN)CCCC1. The summed E-state index contributed by atoms with van der Waals surface area (Å²) in [5, 5.41) is 3.18. The third kappa shape index (κ3) is 3.04. The topological polar surface area (TPSA) is 58.4 Å². The summed E-state index contributed by atoms with van der Waals surface area (Å²) < 4.78 is 0. The average Bonchev–Trinajstić information content (AvgIpc) is 2.99. The molecular formula is C14H27N3O. The molecule has 2 fully saturated rings. The fourth-order valence-electron chi connectivity index (χ4n) is 3.35. The van der Waals surface area contributed by atoms with Gasteiger partial charge in [-0.1, -0.05) is 12.8 Å². The minimum absolute atomic E-state index is 0.189. The van der Waals surface area contributed by atoms with Crippen LogP contribution >= 0.6 is 0 Å². The Morgan fingerprint density at radius 1 is 1.28 bits per heavy atom. The molecule has 0 aromatic carbocycles. The van der Waals surface area contributed by atoms with Gasteiger partial charge in [0.15, 0.2) is 0 Å². The molecule has 0 aromatic rings. The van der Waals surface area contributed by atoms with Crippen molar-refractivity contribution in [2.75, 3.05) is 26.2 Å². The quantitative estimate of drug-likeness (QED) is 0.771. The number of rotatable bonds is 5. The molecule has 2 aliphatic rings. The number of nitrogens with zero attached hydrogens (tertiary/aromatic N) is 1. The van der Waals surface area contributed by atoms with Crippen LogP contribution in [0.15, 0.2) is 0 Å². The maximum absolute atomic E-state index is 12.4. The average molecular weight is 253 g/mol. The molecule has 1 saturated heterocycles. The summed E-state index contributed by atoms with van der Waals surface area (Å²) >= 11 is 0. The van der Waals surface area contributed by atoms with Crippen molar-refractivity contribution >= 4 is 5.91 Å². The number of likely N-dealkylation sites (tertiary alicyclic amines) is 1. The molecular weight excluding hydrogens is 226 g/mol. The lowest BCUT2D eigenvalue weighted by atomic mass is 9.85. The first-order valence-electron chi connectivity index (χ1n) is 7.40. The Hall–Kier alpha value is -0.610. The van der Waals surface area contributed by atoms with Crippen LogP contribution < -0.4 is 11.1 Å². The van der Waals surface area contributed by atoms with Crippen LogP contribution in [0.25, 0.3) is 0 Å². The summed E-state index contributed by atoms with van der Waals surface area (Å²) in [4.78, 5) is 14.8. The highest BCUT2D eigenvalue weighted by Gasteiger charge is 2.40. The van der Waals surface area contributed by atoms with Crippen LogP contribution in [0.5, 0.6) is 0 Å². The highest BCUT2D eigenvalue weighted by atomic mass is 16.2. The lowest BCUT2D eigenvalue weighted by Gasteiger charge is -2.29. The van der Waals surface area contributed by atoms with E-state index in [4.69, 9.17) is 5.73 Å². The molecule has 4 heteroatoms. The van der Waals surface area contributed by atoms with Crippen molar-refractivity contribution in [3.05, 3.63) is 0 Å². The van der Waals surface area contributed by atoms with Gasteiger partial charge in [0.1, 0.15) is 0 Å². The molecule has 1 saturated carbocycles. The van der Waals surface area contributed by atoms with Gasteiger partial charge in [-0.15, -0.1) is 0 Å². The van der Waals surface area contributed by atoms with E-state index in [-0.39, 0.29) is 17.4 Å². The molecule has 1 unspecified atom stereocenters. The molecule has 104 valence electrons. The minimum atomic E-state index is -0.265. The van der Waals surface area contributed by atoms with Crippen LogP contribution in [0.2, 0.25) is 0 Å². The van der Waals surface area contributed by atoms with Gasteiger partial charge < -0.3 is 16.0 Å². The zero-order chi connectivity index (χ0) is 13.0. The third-order valence-corrected chi connectivity index (χ3v) is 4.54. The van der Waals surface area contributed by atoms with Crippen LogP contribution in [0.3, 0.4) is 0 Å². The summed E-state index contributed by atoms with van der Waals surface area (Å²) in [5.74, 6) is 0.189. The first kappa shape index (κ1) is 13.8. The summed E-state index contributed by atoms with van der Waals surface area (Å²) in [6.07, 6.45) is 6.81. The number of nitrogens with two attached hydrogens (primary N) is 1. The van der Waals surface area contributed by atoms with Crippen molar-refractivity contribution in [1.82, 2.24) is 10.2 Å². The van der Waals surface area contributed by atoms with Gasteiger partial charge in [0.2, 0.25) is 5.91 Å². The maximum Gasteiger partial charge on any atom is 0.227 e. The zero-order valence-electron chi connectivity index (χ0n) is 11.6. The van der Waals surface area contributed by atoms with Crippen molar-refractivity contribution in [3.63, 3.8) is 0 Å². The normalized spacial score (nSPS) is 25.2. The van der Waals surface area contributed by atoms with Gasteiger partial charge in [-0.3, -0.25) is 4.79 Å². The highest BCUT2D eigenvalue weighted by Crippen LogP contribution is 2.37. The van der Waals surface area contributed by atoms with Gasteiger partial charge in [-0.25, -0.2) is 0 Å². The van der Waals surface area contributed by atoms with E-state index in [0.29, 0.717) is 6.54 Å². The molecule has 0 bridgehead atoms. The number of nitrogens with one attached hydrogen (secondary N) is 1. The molecule has 0 radical (unpaired) electrons. The Kier molecular flexibility index (Phi) is 4.62. The monoisotopic (exact) mass is 253 g/mol. The van der Waals surface area contributed by atoms with Gasteiger partial charge >= 0.3 is 0 Å². The Morgan fingerprint density at radius 3 is 2.44 bits per heavy atom. The zero-order valence-corrected chi connectivity index (χ0v) is 11.6. The number of hydrogen-bond donors (Lipinski definition) is 2. The number of hydrogen-bond acceptors (Lipinski definition) is 3. The second kappa shape index (κ2) is 6.02. The molecule has 18 heavy (non-hydrogen) atoms. The molecule has 0 aromatic heterocycles. The molecule has 1 atom stereocenters. The van der Waals surface area contributed by atoms with E-state index in [1.165, 1.54) is 25.9 Å². The van der Waals surface area contributed by atoms with Crippen LogP contribution in [0, 0.1) is 5.41 Å². The van der Waals surface area contributed by atoms with Crippen LogP contribution in [-0.4, -0.2) is 43.0 Å². The van der Waals surface area contributed by atoms with Gasteiger partial charge in [0, 0.05) is 19.1 Å². The van der Waals surface area contributed by atoms with Gasteiger partial charge in [0.05, 0.1) is 5.41 Å². The summed E-state index contributed by atoms with van der Waals surface area (Å²) in [5.41, 5.74) is 5.57. The Labute approximate surface area is 110 Å². The first-order valence-corrected chi connectivity index (χ1v) is 7.40. The van der Waals surface area contributed by atoms with E-state index in [1.54, 1.807) is 0 Å². The maximum atomic E-state index is 12.4. The van der Waals surface area contributed by atoms with E-state index in [1.807, 2.05) is 0 Å². The van der Waals surface area contributed by atoms with Gasteiger partial charge in [-0.2, -0.15) is 0 Å². The van der Waals surface area contributed by atoms with Crippen molar-refractivity contribution in [3.8, 4) is 0 Å². The summed E-state index contributed by atoms with van der Waals surface area (Å²) in [6, 6.07) is 0.236. The van der Waals surface area contributed by atoms with Crippen LogP contribution in [0.4, 0.5) is 0 Å². The van der Waals surface area contributed by atoms with Crippen molar-refractivity contribution in [2.45, 2.75) is 51.5 Å². The molecule has 3 N–H and O–H groups in total. The molecule has 2 rings (SSSR count). The van der Waals surface area contributed by atoms with Crippen LogP contribution in [0.1, 0.15) is 45.4 Å². The standard InChI is InChI=1S/C14H27N3O/c1-12(10-17-8-4-5-9-17)16-13(18)14(11-15)6-2-3-7-14/h12H,2-11,15H2,1H3,(H,16,18). The van der Waals surface area contributed by atoms with Gasteiger partial charge in [0.25, 0.3) is 0 Å². The predicted molar refractivity (Wildman–Crippen MR) is 73.2 cm³/mol.